The second-order valence-electron chi connectivity index (χ2n) is 4.35. The van der Waals surface area contributed by atoms with E-state index in [2.05, 4.69) is 0 Å². The first-order valence-corrected chi connectivity index (χ1v) is 9.46. The molecule has 6 nitrogen and oxygen atoms in total. The molecule has 20 heavy (non-hydrogen) atoms. The number of nitrogens with two attached hydrogens (primary N) is 1. The van der Waals surface area contributed by atoms with Crippen LogP contribution in [0.5, 0.6) is 0 Å². The molecule has 0 radical (unpaired) electrons. The molecule has 0 fully saturated rings. The van der Waals surface area contributed by atoms with Gasteiger partial charge in [-0.05, 0) is 37.2 Å². The van der Waals surface area contributed by atoms with Gasteiger partial charge in [0.2, 0.25) is 10.0 Å². The monoisotopic (exact) mass is 324 g/mol. The average Bonchev–Trinajstić information content (AvgIpc) is 2.28. The molecule has 0 aliphatic rings. The molecule has 0 aliphatic carbocycles. The molecule has 0 aliphatic heterocycles. The maximum atomic E-state index is 12.9. The van der Waals surface area contributed by atoms with E-state index in [0.717, 1.165) is 22.7 Å². The first kappa shape index (κ1) is 16.9. The van der Waals surface area contributed by atoms with Crippen LogP contribution in [0.1, 0.15) is 6.42 Å². The highest BCUT2D eigenvalue weighted by atomic mass is 32.3. The number of rotatable bonds is 7. The van der Waals surface area contributed by atoms with Crippen LogP contribution in [-0.4, -0.2) is 41.3 Å². The summed E-state index contributed by atoms with van der Waals surface area (Å²) in [5, 5.41) is -0.998. The first-order chi connectivity index (χ1) is 9.15. The average molecular weight is 324 g/mol. The molecule has 1 rings (SSSR count). The minimum absolute atomic E-state index is 0.0417. The van der Waals surface area contributed by atoms with Crippen LogP contribution in [0.25, 0.3) is 0 Å². The molecule has 0 unspecified atom stereocenters. The Labute approximate surface area is 118 Å². The molecule has 0 amide bonds. The van der Waals surface area contributed by atoms with Crippen LogP contribution in [-0.2, 0) is 19.9 Å². The Kier molecular flexibility index (Phi) is 5.49. The van der Waals surface area contributed by atoms with Crippen molar-refractivity contribution in [3.05, 3.63) is 30.1 Å². The van der Waals surface area contributed by atoms with Gasteiger partial charge in [-0.25, -0.2) is 21.2 Å². The van der Waals surface area contributed by atoms with Crippen LogP contribution in [0.15, 0.2) is 24.3 Å². The number of hydrogen-bond acceptors (Lipinski definition) is 5. The van der Waals surface area contributed by atoms with E-state index in [1.54, 1.807) is 0 Å². The van der Waals surface area contributed by atoms with E-state index in [4.69, 9.17) is 5.73 Å². The molecule has 0 spiro atoms. The summed E-state index contributed by atoms with van der Waals surface area (Å²) >= 11 is 0. The summed E-state index contributed by atoms with van der Waals surface area (Å²) in [6.45, 7) is 0.298. The highest BCUT2D eigenvalue weighted by molar-refractivity contribution is 8.08. The van der Waals surface area contributed by atoms with Crippen LogP contribution >= 0.6 is 0 Å². The third-order valence-electron chi connectivity index (χ3n) is 2.38. The zero-order valence-corrected chi connectivity index (χ0v) is 12.6. The summed E-state index contributed by atoms with van der Waals surface area (Å²) in [5.41, 5.74) is 5.56. The molecular weight excluding hydrogens is 307 g/mol. The van der Waals surface area contributed by atoms with Gasteiger partial charge in [-0.2, -0.15) is 0 Å². The van der Waals surface area contributed by atoms with E-state index >= 15 is 0 Å². The number of sulfonamides is 1. The molecule has 114 valence electrons. The molecule has 2 N–H and O–H groups in total. The Morgan fingerprint density at radius 2 is 1.70 bits per heavy atom. The lowest BCUT2D eigenvalue weighted by atomic mass is 10.3. The molecular formula is C11H17FN2O4S2. The number of sulfone groups is 1. The molecule has 0 heterocycles. The maximum absolute atomic E-state index is 12.9. The molecule has 1 aromatic carbocycles. The normalized spacial score (nSPS) is 12.3. The van der Waals surface area contributed by atoms with Gasteiger partial charge in [0.1, 0.15) is 5.82 Å². The Morgan fingerprint density at radius 3 is 2.15 bits per heavy atom. The van der Waals surface area contributed by atoms with Crippen molar-refractivity contribution >= 4 is 25.5 Å². The van der Waals surface area contributed by atoms with E-state index < -0.39 is 30.8 Å². The summed E-state index contributed by atoms with van der Waals surface area (Å²) in [6, 6.07) is 4.79. The minimum atomic E-state index is -4.05. The number of hydrogen-bond donors (Lipinski definition) is 1. The molecule has 0 bridgehead atoms. The highest BCUT2D eigenvalue weighted by Gasteiger charge is 2.26. The van der Waals surface area contributed by atoms with E-state index in [1.807, 2.05) is 0 Å². The van der Waals surface area contributed by atoms with Crippen LogP contribution in [0.2, 0.25) is 0 Å². The minimum Gasteiger partial charge on any atom is -0.330 e. The second-order valence-corrected chi connectivity index (χ2v) is 8.75. The zero-order chi connectivity index (χ0) is 15.4. The van der Waals surface area contributed by atoms with E-state index in [-0.39, 0.29) is 18.8 Å². The predicted octanol–water partition coefficient (Wildman–Crippen LogP) is 0.313. The van der Waals surface area contributed by atoms with Crippen molar-refractivity contribution in [2.75, 3.05) is 28.7 Å². The maximum Gasteiger partial charge on any atom is 0.249 e. The fourth-order valence-electron chi connectivity index (χ4n) is 1.61. The van der Waals surface area contributed by atoms with Gasteiger partial charge in [0, 0.05) is 12.8 Å². The molecule has 0 aromatic heterocycles. The molecule has 1 aromatic rings. The van der Waals surface area contributed by atoms with Crippen LogP contribution in [0, 0.1) is 5.82 Å². The largest absolute Gasteiger partial charge is 0.330 e. The fourth-order valence-corrected chi connectivity index (χ4v) is 5.13. The van der Waals surface area contributed by atoms with Crippen LogP contribution in [0.3, 0.4) is 0 Å². The molecule has 9 heteroatoms. The molecule has 0 saturated carbocycles. The lowest BCUT2D eigenvalue weighted by Crippen LogP contribution is -2.36. The third-order valence-corrected chi connectivity index (χ3v) is 6.35. The first-order valence-electron chi connectivity index (χ1n) is 5.79. The van der Waals surface area contributed by atoms with Gasteiger partial charge in [0.05, 0.1) is 5.69 Å². The van der Waals surface area contributed by atoms with E-state index in [0.29, 0.717) is 6.42 Å². The number of anilines is 1. The van der Waals surface area contributed by atoms with Crippen molar-refractivity contribution in [2.24, 2.45) is 5.73 Å². The summed E-state index contributed by atoms with van der Waals surface area (Å²) in [5.74, 6) is -0.506. The molecule has 0 saturated heterocycles. The van der Waals surface area contributed by atoms with Crippen molar-refractivity contribution in [3.63, 3.8) is 0 Å². The predicted molar refractivity (Wildman–Crippen MR) is 76.0 cm³/mol. The summed E-state index contributed by atoms with van der Waals surface area (Å²) < 4.78 is 60.6. The number of benzene rings is 1. The smallest absolute Gasteiger partial charge is 0.249 e. The topological polar surface area (TPSA) is 97.5 Å². The Bertz CT molecular complexity index is 642. The van der Waals surface area contributed by atoms with Crippen LogP contribution < -0.4 is 10.0 Å². The van der Waals surface area contributed by atoms with E-state index in [1.165, 1.54) is 12.1 Å². The van der Waals surface area contributed by atoms with Crippen molar-refractivity contribution in [1.82, 2.24) is 0 Å². The lowest BCUT2D eigenvalue weighted by Gasteiger charge is -2.23. The third kappa shape index (κ3) is 5.06. The van der Waals surface area contributed by atoms with Gasteiger partial charge in [-0.1, -0.05) is 0 Å². The summed E-state index contributed by atoms with van der Waals surface area (Å²) in [4.78, 5) is 0. The van der Waals surface area contributed by atoms with Crippen molar-refractivity contribution < 1.29 is 21.2 Å². The fraction of sp³-hybridized carbons (Fsp3) is 0.455. The number of nitrogens with zero attached hydrogens (tertiary/aromatic N) is 1. The summed E-state index contributed by atoms with van der Waals surface area (Å²) in [6.07, 6.45) is 1.21. The van der Waals surface area contributed by atoms with Gasteiger partial charge in [0.15, 0.2) is 14.9 Å². The highest BCUT2D eigenvalue weighted by Crippen LogP contribution is 2.20. The summed E-state index contributed by atoms with van der Waals surface area (Å²) in [7, 11) is -7.75. The Morgan fingerprint density at radius 1 is 1.15 bits per heavy atom. The Hall–Kier alpha value is -1.19. The SMILES string of the molecule is CS(=O)(=O)CS(=O)(=O)N(CCCN)c1ccc(F)cc1. The van der Waals surface area contributed by atoms with Crippen molar-refractivity contribution in [1.29, 1.82) is 0 Å². The zero-order valence-electron chi connectivity index (χ0n) is 11.0. The van der Waals surface area contributed by atoms with Gasteiger partial charge in [0.25, 0.3) is 0 Å². The van der Waals surface area contributed by atoms with Gasteiger partial charge < -0.3 is 5.73 Å². The van der Waals surface area contributed by atoms with E-state index in [9.17, 15) is 21.2 Å². The van der Waals surface area contributed by atoms with Gasteiger partial charge in [-0.15, -0.1) is 0 Å². The number of halogens is 1. The molecule has 0 atom stereocenters. The van der Waals surface area contributed by atoms with Gasteiger partial charge in [-0.3, -0.25) is 4.31 Å². The van der Waals surface area contributed by atoms with Crippen molar-refractivity contribution in [2.45, 2.75) is 6.42 Å². The van der Waals surface area contributed by atoms with Crippen molar-refractivity contribution in [3.8, 4) is 0 Å². The second kappa shape index (κ2) is 6.51. The van der Waals surface area contributed by atoms with Gasteiger partial charge >= 0.3 is 0 Å². The lowest BCUT2D eigenvalue weighted by molar-refractivity contribution is 0.586. The quantitative estimate of drug-likeness (QED) is 0.778. The standard InChI is InChI=1S/C11H17FN2O4S2/c1-19(15,16)9-20(17,18)14(8-2-7-13)11-5-3-10(12)4-6-11/h3-6H,2,7-9,13H2,1H3. The van der Waals surface area contributed by atoms with Crippen LogP contribution in [0.4, 0.5) is 10.1 Å². The Balaban J connectivity index is 3.15.